The summed E-state index contributed by atoms with van der Waals surface area (Å²) in [5, 5.41) is 0. The van der Waals surface area contributed by atoms with E-state index < -0.39 is 0 Å². The number of ether oxygens (including phenoxy) is 1. The number of halogens is 1. The Labute approximate surface area is 95.0 Å². The van der Waals surface area contributed by atoms with Crippen molar-refractivity contribution in [2.45, 2.75) is 6.54 Å². The Morgan fingerprint density at radius 3 is 2.81 bits per heavy atom. The maximum Gasteiger partial charge on any atom is 0.165 e. The van der Waals surface area contributed by atoms with Crippen molar-refractivity contribution in [3.63, 3.8) is 0 Å². The van der Waals surface area contributed by atoms with Gasteiger partial charge >= 0.3 is 0 Å². The first kappa shape index (κ1) is 11.4. The van der Waals surface area contributed by atoms with Crippen LogP contribution in [0.25, 0.3) is 0 Å². The summed E-state index contributed by atoms with van der Waals surface area (Å²) in [7, 11) is 1.47. The zero-order valence-corrected chi connectivity index (χ0v) is 9.45. The molecule has 1 aliphatic heterocycles. The van der Waals surface area contributed by atoms with Crippen LogP contribution < -0.4 is 10.5 Å². The van der Waals surface area contributed by atoms with E-state index in [1.54, 1.807) is 6.07 Å². The van der Waals surface area contributed by atoms with E-state index >= 15 is 0 Å². The van der Waals surface area contributed by atoms with Crippen molar-refractivity contribution in [2.24, 2.45) is 11.7 Å². The van der Waals surface area contributed by atoms with Crippen molar-refractivity contribution in [1.29, 1.82) is 0 Å². The standard InChI is InChI=1S/C12H17FN2O/c1-16-12-3-2-9(4-11(12)13)6-15-7-10(5-14)8-15/h2-4,10H,5-8,14H2,1H3. The number of nitrogens with zero attached hydrogens (tertiary/aromatic N) is 1. The van der Waals surface area contributed by atoms with Gasteiger partial charge in [-0.2, -0.15) is 0 Å². The van der Waals surface area contributed by atoms with Crippen LogP contribution in [0.15, 0.2) is 18.2 Å². The number of methoxy groups -OCH3 is 1. The highest BCUT2D eigenvalue weighted by Gasteiger charge is 2.25. The van der Waals surface area contributed by atoms with Crippen LogP contribution in [0.2, 0.25) is 0 Å². The van der Waals surface area contributed by atoms with Crippen LogP contribution in [0.1, 0.15) is 5.56 Å². The maximum absolute atomic E-state index is 13.4. The second-order valence-electron chi connectivity index (χ2n) is 4.26. The molecule has 0 bridgehead atoms. The molecule has 4 heteroatoms. The average Bonchev–Trinajstić information content (AvgIpc) is 2.23. The van der Waals surface area contributed by atoms with Crippen LogP contribution in [-0.2, 0) is 6.54 Å². The third kappa shape index (κ3) is 2.33. The topological polar surface area (TPSA) is 38.5 Å². The fraction of sp³-hybridized carbons (Fsp3) is 0.500. The van der Waals surface area contributed by atoms with Gasteiger partial charge in [0.1, 0.15) is 0 Å². The van der Waals surface area contributed by atoms with Crippen molar-refractivity contribution >= 4 is 0 Å². The van der Waals surface area contributed by atoms with Gasteiger partial charge in [-0.1, -0.05) is 6.07 Å². The predicted octanol–water partition coefficient (Wildman–Crippen LogP) is 1.22. The van der Waals surface area contributed by atoms with Crippen molar-refractivity contribution in [2.75, 3.05) is 26.7 Å². The second-order valence-corrected chi connectivity index (χ2v) is 4.26. The molecule has 1 aromatic rings. The summed E-state index contributed by atoms with van der Waals surface area (Å²) in [4.78, 5) is 2.26. The smallest absolute Gasteiger partial charge is 0.165 e. The highest BCUT2D eigenvalue weighted by molar-refractivity contribution is 5.29. The summed E-state index contributed by atoms with van der Waals surface area (Å²) in [6, 6.07) is 5.11. The SMILES string of the molecule is COc1ccc(CN2CC(CN)C2)cc1F. The van der Waals surface area contributed by atoms with Crippen LogP contribution in [0.4, 0.5) is 4.39 Å². The number of hydrogen-bond donors (Lipinski definition) is 1. The zero-order chi connectivity index (χ0) is 11.5. The molecule has 0 spiro atoms. The summed E-state index contributed by atoms with van der Waals surface area (Å²) in [6.07, 6.45) is 0. The summed E-state index contributed by atoms with van der Waals surface area (Å²) in [5.41, 5.74) is 6.53. The fourth-order valence-corrected chi connectivity index (χ4v) is 2.02. The average molecular weight is 224 g/mol. The van der Waals surface area contributed by atoms with Crippen molar-refractivity contribution in [1.82, 2.24) is 4.90 Å². The van der Waals surface area contributed by atoms with E-state index in [1.165, 1.54) is 13.2 Å². The summed E-state index contributed by atoms with van der Waals surface area (Å²) >= 11 is 0. The number of likely N-dealkylation sites (tertiary alicyclic amines) is 1. The third-order valence-corrected chi connectivity index (χ3v) is 2.99. The van der Waals surface area contributed by atoms with E-state index in [9.17, 15) is 4.39 Å². The van der Waals surface area contributed by atoms with E-state index in [-0.39, 0.29) is 5.82 Å². The fourth-order valence-electron chi connectivity index (χ4n) is 2.02. The second kappa shape index (κ2) is 4.80. The van der Waals surface area contributed by atoms with E-state index in [2.05, 4.69) is 4.90 Å². The lowest BCUT2D eigenvalue weighted by atomic mass is 9.99. The lowest BCUT2D eigenvalue weighted by molar-refractivity contribution is 0.0978. The van der Waals surface area contributed by atoms with Crippen LogP contribution in [0.3, 0.4) is 0 Å². The molecular weight excluding hydrogens is 207 g/mol. The quantitative estimate of drug-likeness (QED) is 0.836. The minimum Gasteiger partial charge on any atom is -0.494 e. The molecule has 0 amide bonds. The van der Waals surface area contributed by atoms with Crippen molar-refractivity contribution in [3.05, 3.63) is 29.6 Å². The van der Waals surface area contributed by atoms with Crippen LogP contribution >= 0.6 is 0 Å². The van der Waals surface area contributed by atoms with Crippen molar-refractivity contribution < 1.29 is 9.13 Å². The number of nitrogens with two attached hydrogens (primary N) is 1. The molecule has 0 unspecified atom stereocenters. The molecule has 88 valence electrons. The van der Waals surface area contributed by atoms with Gasteiger partial charge in [-0.05, 0) is 30.2 Å². The minimum atomic E-state index is -0.295. The molecule has 1 saturated heterocycles. The number of rotatable bonds is 4. The zero-order valence-electron chi connectivity index (χ0n) is 9.45. The molecule has 0 saturated carbocycles. The maximum atomic E-state index is 13.4. The third-order valence-electron chi connectivity index (χ3n) is 2.99. The Hall–Kier alpha value is -1.13. The summed E-state index contributed by atoms with van der Waals surface area (Å²) in [6.45, 7) is 3.57. The van der Waals surface area contributed by atoms with Gasteiger partial charge < -0.3 is 10.5 Å². The Bertz CT molecular complexity index is 364. The van der Waals surface area contributed by atoms with E-state index in [0.717, 1.165) is 31.7 Å². The molecule has 16 heavy (non-hydrogen) atoms. The normalized spacial score (nSPS) is 17.2. The van der Waals surface area contributed by atoms with Gasteiger partial charge in [0.2, 0.25) is 0 Å². The van der Waals surface area contributed by atoms with Crippen LogP contribution in [0.5, 0.6) is 5.75 Å². The monoisotopic (exact) mass is 224 g/mol. The molecule has 0 atom stereocenters. The van der Waals surface area contributed by atoms with Gasteiger partial charge in [0, 0.05) is 19.6 Å². The molecular formula is C12H17FN2O. The van der Waals surface area contributed by atoms with Gasteiger partial charge in [-0.15, -0.1) is 0 Å². The largest absolute Gasteiger partial charge is 0.494 e. The van der Waals surface area contributed by atoms with Gasteiger partial charge in [-0.3, -0.25) is 4.90 Å². The first-order valence-electron chi connectivity index (χ1n) is 5.47. The number of hydrogen-bond acceptors (Lipinski definition) is 3. The summed E-state index contributed by atoms with van der Waals surface area (Å²) in [5.74, 6) is 0.617. The predicted molar refractivity (Wildman–Crippen MR) is 60.8 cm³/mol. The Morgan fingerprint density at radius 1 is 1.50 bits per heavy atom. The highest BCUT2D eigenvalue weighted by atomic mass is 19.1. The van der Waals surface area contributed by atoms with Gasteiger partial charge in [0.25, 0.3) is 0 Å². The van der Waals surface area contributed by atoms with Crippen LogP contribution in [0, 0.1) is 11.7 Å². The van der Waals surface area contributed by atoms with E-state index in [0.29, 0.717) is 11.7 Å². The molecule has 2 N–H and O–H groups in total. The van der Waals surface area contributed by atoms with E-state index in [4.69, 9.17) is 10.5 Å². The number of benzene rings is 1. The lowest BCUT2D eigenvalue weighted by Gasteiger charge is -2.38. The molecule has 1 aliphatic rings. The van der Waals surface area contributed by atoms with Gasteiger partial charge in [0.05, 0.1) is 7.11 Å². The van der Waals surface area contributed by atoms with Gasteiger partial charge in [-0.25, -0.2) is 4.39 Å². The lowest BCUT2D eigenvalue weighted by Crippen LogP contribution is -2.49. The Morgan fingerprint density at radius 2 is 2.25 bits per heavy atom. The van der Waals surface area contributed by atoms with Crippen molar-refractivity contribution in [3.8, 4) is 5.75 Å². The molecule has 0 aliphatic carbocycles. The molecule has 1 heterocycles. The van der Waals surface area contributed by atoms with E-state index in [1.807, 2.05) is 6.07 Å². The molecule has 0 aromatic heterocycles. The molecule has 0 radical (unpaired) electrons. The van der Waals surface area contributed by atoms with Crippen LogP contribution in [-0.4, -0.2) is 31.6 Å². The van der Waals surface area contributed by atoms with Gasteiger partial charge in [0.15, 0.2) is 11.6 Å². The Kier molecular flexibility index (Phi) is 3.41. The first-order chi connectivity index (χ1) is 7.72. The summed E-state index contributed by atoms with van der Waals surface area (Å²) < 4.78 is 18.3. The Balaban J connectivity index is 1.93. The molecule has 1 fully saturated rings. The molecule has 2 rings (SSSR count). The highest BCUT2D eigenvalue weighted by Crippen LogP contribution is 2.21. The first-order valence-corrected chi connectivity index (χ1v) is 5.47. The molecule has 1 aromatic carbocycles. The molecule has 3 nitrogen and oxygen atoms in total. The minimum absolute atomic E-state index is 0.295.